The molecule has 0 aromatic heterocycles. The molecule has 0 heterocycles. The lowest BCUT2D eigenvalue weighted by Crippen LogP contribution is -2.37. The van der Waals surface area contributed by atoms with E-state index in [1.165, 1.54) is 31.7 Å². The first-order valence-electron chi connectivity index (χ1n) is 6.99. The van der Waals surface area contributed by atoms with Crippen LogP contribution >= 0.6 is 0 Å². The zero-order chi connectivity index (χ0) is 14.4. The van der Waals surface area contributed by atoms with Gasteiger partial charge in [-0.05, 0) is 36.5 Å². The molecule has 20 heavy (non-hydrogen) atoms. The molecule has 0 aliphatic heterocycles. The first-order chi connectivity index (χ1) is 9.65. The van der Waals surface area contributed by atoms with Crippen molar-refractivity contribution >= 4 is 12.0 Å². The number of carbonyl (C=O) groups is 2. The normalized spacial score (nSPS) is 15.0. The summed E-state index contributed by atoms with van der Waals surface area (Å²) >= 11 is 0. The van der Waals surface area contributed by atoms with Crippen molar-refractivity contribution in [1.29, 1.82) is 0 Å². The van der Waals surface area contributed by atoms with Gasteiger partial charge in [0.1, 0.15) is 0 Å². The fourth-order valence-corrected chi connectivity index (χ4v) is 2.51. The third-order valence-electron chi connectivity index (χ3n) is 3.65. The second-order valence-electron chi connectivity index (χ2n) is 5.22. The maximum atomic E-state index is 11.7. The highest BCUT2D eigenvalue weighted by Gasteiger charge is 2.15. The van der Waals surface area contributed by atoms with Gasteiger partial charge in [0, 0.05) is 13.1 Å². The number of amides is 2. The molecule has 0 unspecified atom stereocenters. The maximum Gasteiger partial charge on any atom is 0.335 e. The Morgan fingerprint density at radius 3 is 2.65 bits per heavy atom. The number of hydrogen-bond acceptors (Lipinski definition) is 2. The summed E-state index contributed by atoms with van der Waals surface area (Å²) in [6.45, 7) is 1.05. The number of benzene rings is 1. The van der Waals surface area contributed by atoms with Crippen LogP contribution in [0.3, 0.4) is 0 Å². The van der Waals surface area contributed by atoms with E-state index in [0.717, 1.165) is 12.1 Å². The van der Waals surface area contributed by atoms with Gasteiger partial charge in [-0.1, -0.05) is 25.0 Å². The molecular formula is C15H20N2O3. The van der Waals surface area contributed by atoms with E-state index >= 15 is 0 Å². The topological polar surface area (TPSA) is 78.4 Å². The van der Waals surface area contributed by atoms with E-state index in [-0.39, 0.29) is 11.6 Å². The number of carboxylic acids is 1. The summed E-state index contributed by atoms with van der Waals surface area (Å²) in [5, 5.41) is 14.5. The number of nitrogens with one attached hydrogen (secondary N) is 2. The lowest BCUT2D eigenvalue weighted by atomic mass is 10.1. The highest BCUT2D eigenvalue weighted by atomic mass is 16.4. The Balaban J connectivity index is 1.75. The summed E-state index contributed by atoms with van der Waals surface area (Å²) in [7, 11) is 0. The first kappa shape index (κ1) is 14.4. The second-order valence-corrected chi connectivity index (χ2v) is 5.22. The van der Waals surface area contributed by atoms with Crippen molar-refractivity contribution in [2.75, 3.05) is 6.54 Å². The summed E-state index contributed by atoms with van der Waals surface area (Å²) < 4.78 is 0. The van der Waals surface area contributed by atoms with Crippen LogP contribution in [0.4, 0.5) is 4.79 Å². The van der Waals surface area contributed by atoms with Crippen molar-refractivity contribution in [3.8, 4) is 0 Å². The van der Waals surface area contributed by atoms with E-state index in [0.29, 0.717) is 12.5 Å². The Morgan fingerprint density at radius 2 is 1.95 bits per heavy atom. The molecule has 1 aliphatic rings. The van der Waals surface area contributed by atoms with Gasteiger partial charge in [0.05, 0.1) is 5.56 Å². The standard InChI is InChI=1S/C15H20N2O3/c18-14(19)13-7-3-6-12(8-13)10-17-15(20)16-9-11-4-1-2-5-11/h3,6-8,11H,1-2,4-5,9-10H2,(H,18,19)(H2,16,17,20). The largest absolute Gasteiger partial charge is 0.478 e. The Morgan fingerprint density at radius 1 is 1.20 bits per heavy atom. The summed E-state index contributed by atoms with van der Waals surface area (Å²) in [6, 6.07) is 6.38. The van der Waals surface area contributed by atoms with Gasteiger partial charge in [-0.25, -0.2) is 9.59 Å². The average molecular weight is 276 g/mol. The molecule has 3 N–H and O–H groups in total. The summed E-state index contributed by atoms with van der Waals surface area (Å²) in [5.41, 5.74) is 1.01. The number of urea groups is 1. The van der Waals surface area contributed by atoms with Crippen LogP contribution in [0.5, 0.6) is 0 Å². The molecule has 0 radical (unpaired) electrons. The average Bonchev–Trinajstić information content (AvgIpc) is 2.96. The van der Waals surface area contributed by atoms with Crippen LogP contribution in [-0.2, 0) is 6.54 Å². The SMILES string of the molecule is O=C(NCc1cccc(C(=O)O)c1)NCC1CCCC1. The number of hydrogen-bond donors (Lipinski definition) is 3. The molecule has 1 aliphatic carbocycles. The maximum absolute atomic E-state index is 11.7. The number of rotatable bonds is 5. The van der Waals surface area contributed by atoms with Gasteiger partial charge in [-0.2, -0.15) is 0 Å². The molecule has 2 amide bonds. The van der Waals surface area contributed by atoms with E-state index < -0.39 is 5.97 Å². The molecule has 5 heteroatoms. The number of carboxylic acid groups (broad SMARTS) is 1. The number of aromatic carboxylic acids is 1. The van der Waals surface area contributed by atoms with Crippen molar-refractivity contribution in [1.82, 2.24) is 10.6 Å². The molecule has 0 bridgehead atoms. The van der Waals surface area contributed by atoms with Crippen molar-refractivity contribution in [2.24, 2.45) is 5.92 Å². The Labute approximate surface area is 118 Å². The van der Waals surface area contributed by atoms with Gasteiger partial charge in [0.15, 0.2) is 0 Å². The number of carbonyl (C=O) groups excluding carboxylic acids is 1. The van der Waals surface area contributed by atoms with Crippen molar-refractivity contribution in [3.05, 3.63) is 35.4 Å². The van der Waals surface area contributed by atoms with E-state index in [1.54, 1.807) is 18.2 Å². The van der Waals surface area contributed by atoms with Crippen molar-refractivity contribution in [3.63, 3.8) is 0 Å². The fourth-order valence-electron chi connectivity index (χ4n) is 2.51. The van der Waals surface area contributed by atoms with Gasteiger partial charge in [0.25, 0.3) is 0 Å². The molecule has 108 valence electrons. The van der Waals surface area contributed by atoms with Crippen LogP contribution in [0.1, 0.15) is 41.6 Å². The van der Waals surface area contributed by atoms with Crippen LogP contribution in [0.15, 0.2) is 24.3 Å². The first-order valence-corrected chi connectivity index (χ1v) is 6.99. The predicted octanol–water partition coefficient (Wildman–Crippen LogP) is 2.37. The lowest BCUT2D eigenvalue weighted by Gasteiger charge is -2.11. The summed E-state index contributed by atoms with van der Waals surface area (Å²) in [6.07, 6.45) is 4.91. The van der Waals surface area contributed by atoms with Gasteiger partial charge in [-0.15, -0.1) is 0 Å². The highest BCUT2D eigenvalue weighted by Crippen LogP contribution is 2.23. The zero-order valence-corrected chi connectivity index (χ0v) is 11.4. The summed E-state index contributed by atoms with van der Waals surface area (Å²) in [4.78, 5) is 22.5. The molecule has 1 aromatic rings. The predicted molar refractivity (Wildman–Crippen MR) is 75.6 cm³/mol. The van der Waals surface area contributed by atoms with Gasteiger partial charge in [0.2, 0.25) is 0 Å². The summed E-state index contributed by atoms with van der Waals surface area (Å²) in [5.74, 6) is -0.353. The third kappa shape index (κ3) is 4.26. The molecule has 1 saturated carbocycles. The smallest absolute Gasteiger partial charge is 0.335 e. The Hall–Kier alpha value is -2.04. The minimum absolute atomic E-state index is 0.197. The molecule has 5 nitrogen and oxygen atoms in total. The van der Waals surface area contributed by atoms with Crippen molar-refractivity contribution in [2.45, 2.75) is 32.2 Å². The van der Waals surface area contributed by atoms with Gasteiger partial charge < -0.3 is 15.7 Å². The van der Waals surface area contributed by atoms with Crippen LogP contribution in [0.25, 0.3) is 0 Å². The van der Waals surface area contributed by atoms with Crippen LogP contribution < -0.4 is 10.6 Å². The van der Waals surface area contributed by atoms with Crippen molar-refractivity contribution < 1.29 is 14.7 Å². The third-order valence-corrected chi connectivity index (χ3v) is 3.65. The molecular weight excluding hydrogens is 256 g/mol. The zero-order valence-electron chi connectivity index (χ0n) is 11.4. The lowest BCUT2D eigenvalue weighted by molar-refractivity contribution is 0.0696. The fraction of sp³-hybridized carbons (Fsp3) is 0.467. The molecule has 0 atom stereocenters. The van der Waals surface area contributed by atoms with E-state index in [1.807, 2.05) is 0 Å². The Bertz CT molecular complexity index is 482. The van der Waals surface area contributed by atoms with Crippen LogP contribution in [0.2, 0.25) is 0 Å². The molecule has 0 spiro atoms. The van der Waals surface area contributed by atoms with E-state index in [4.69, 9.17) is 5.11 Å². The minimum atomic E-state index is -0.961. The highest BCUT2D eigenvalue weighted by molar-refractivity contribution is 5.87. The molecule has 2 rings (SSSR count). The van der Waals surface area contributed by atoms with Crippen LogP contribution in [0, 0.1) is 5.92 Å². The molecule has 1 fully saturated rings. The van der Waals surface area contributed by atoms with E-state index in [9.17, 15) is 9.59 Å². The monoisotopic (exact) mass is 276 g/mol. The quantitative estimate of drug-likeness (QED) is 0.772. The molecule has 1 aromatic carbocycles. The Kier molecular flexibility index (Phi) is 4.98. The second kappa shape index (κ2) is 6.93. The van der Waals surface area contributed by atoms with Crippen LogP contribution in [-0.4, -0.2) is 23.7 Å². The van der Waals surface area contributed by atoms with Gasteiger partial charge >= 0.3 is 12.0 Å². The van der Waals surface area contributed by atoms with Gasteiger partial charge in [-0.3, -0.25) is 0 Å². The minimum Gasteiger partial charge on any atom is -0.478 e. The van der Waals surface area contributed by atoms with E-state index in [2.05, 4.69) is 10.6 Å². The molecule has 0 saturated heterocycles.